The lowest BCUT2D eigenvalue weighted by Gasteiger charge is -2.31. The second-order valence-corrected chi connectivity index (χ2v) is 8.33. The van der Waals surface area contributed by atoms with Crippen molar-refractivity contribution in [2.75, 3.05) is 26.5 Å². The number of hydrogen-bond acceptors (Lipinski definition) is 5. The number of sulfonamides is 1. The number of nitrogens with zero attached hydrogens (tertiary/aromatic N) is 1. The van der Waals surface area contributed by atoms with Gasteiger partial charge in [0.05, 0.1) is 13.4 Å². The molecular formula is C17H22N2O5S. The molecule has 0 aliphatic carbocycles. The van der Waals surface area contributed by atoms with Crippen LogP contribution in [0.1, 0.15) is 29.0 Å². The van der Waals surface area contributed by atoms with E-state index in [9.17, 15) is 13.2 Å². The Morgan fingerprint density at radius 3 is 2.84 bits per heavy atom. The van der Waals surface area contributed by atoms with E-state index in [1.54, 1.807) is 19.2 Å². The second-order valence-electron chi connectivity index (χ2n) is 6.35. The van der Waals surface area contributed by atoms with Gasteiger partial charge in [0.1, 0.15) is 11.3 Å². The molecule has 0 spiro atoms. The normalized spacial score (nSPS) is 19.1. The van der Waals surface area contributed by atoms with Crippen molar-refractivity contribution in [1.29, 1.82) is 0 Å². The van der Waals surface area contributed by atoms with E-state index in [2.05, 4.69) is 5.32 Å². The first-order chi connectivity index (χ1) is 11.8. The average molecular weight is 366 g/mol. The topological polar surface area (TPSA) is 88.8 Å². The fraction of sp³-hybridized carbons (Fsp3) is 0.471. The SMILES string of the molecule is COc1ccc2oc(C(=O)NC3CCCN(S(C)(=O)=O)C3)c(C)c2c1. The molecule has 2 aromatic rings. The maximum Gasteiger partial charge on any atom is 0.287 e. The molecule has 8 heteroatoms. The Morgan fingerprint density at radius 2 is 2.16 bits per heavy atom. The monoisotopic (exact) mass is 366 g/mol. The van der Waals surface area contributed by atoms with E-state index in [0.29, 0.717) is 24.3 Å². The van der Waals surface area contributed by atoms with Gasteiger partial charge in [0.15, 0.2) is 5.76 Å². The molecule has 1 aliphatic heterocycles. The number of amides is 1. The molecule has 7 nitrogen and oxygen atoms in total. The molecule has 3 rings (SSSR count). The zero-order chi connectivity index (χ0) is 18.2. The molecule has 25 heavy (non-hydrogen) atoms. The lowest BCUT2D eigenvalue weighted by molar-refractivity contribution is 0.0894. The first kappa shape index (κ1) is 17.8. The molecule has 0 bridgehead atoms. The predicted octanol–water partition coefficient (Wildman–Crippen LogP) is 1.90. The van der Waals surface area contributed by atoms with Crippen LogP contribution in [-0.2, 0) is 10.0 Å². The average Bonchev–Trinajstić information content (AvgIpc) is 2.91. The van der Waals surface area contributed by atoms with Crippen LogP contribution in [0.5, 0.6) is 5.75 Å². The highest BCUT2D eigenvalue weighted by atomic mass is 32.2. The minimum atomic E-state index is -3.25. The van der Waals surface area contributed by atoms with Crippen LogP contribution in [0, 0.1) is 6.92 Å². The van der Waals surface area contributed by atoms with Crippen molar-refractivity contribution in [2.24, 2.45) is 0 Å². The first-order valence-corrected chi connectivity index (χ1v) is 9.97. The summed E-state index contributed by atoms with van der Waals surface area (Å²) in [4.78, 5) is 12.6. The molecule has 1 saturated heterocycles. The Hall–Kier alpha value is -2.06. The van der Waals surface area contributed by atoms with Crippen LogP contribution in [0.25, 0.3) is 11.0 Å². The molecule has 1 unspecified atom stereocenters. The number of piperidine rings is 1. The number of carbonyl (C=O) groups excluding carboxylic acids is 1. The Bertz CT molecular complexity index is 903. The van der Waals surface area contributed by atoms with E-state index in [1.807, 2.05) is 13.0 Å². The lowest BCUT2D eigenvalue weighted by atomic mass is 10.1. The van der Waals surface area contributed by atoms with Crippen molar-refractivity contribution in [2.45, 2.75) is 25.8 Å². The number of aryl methyl sites for hydroxylation is 1. The molecular weight excluding hydrogens is 344 g/mol. The van der Waals surface area contributed by atoms with Crippen LogP contribution < -0.4 is 10.1 Å². The van der Waals surface area contributed by atoms with Crippen molar-refractivity contribution in [3.63, 3.8) is 0 Å². The maximum absolute atomic E-state index is 12.6. The fourth-order valence-electron chi connectivity index (χ4n) is 3.16. The molecule has 2 heterocycles. The van der Waals surface area contributed by atoms with E-state index in [0.717, 1.165) is 17.4 Å². The van der Waals surface area contributed by atoms with Gasteiger partial charge in [-0.05, 0) is 38.0 Å². The van der Waals surface area contributed by atoms with Gasteiger partial charge in [-0.1, -0.05) is 0 Å². The first-order valence-electron chi connectivity index (χ1n) is 8.12. The van der Waals surface area contributed by atoms with Crippen molar-refractivity contribution < 1.29 is 22.4 Å². The van der Waals surface area contributed by atoms with Crippen molar-refractivity contribution in [1.82, 2.24) is 9.62 Å². The molecule has 1 aromatic carbocycles. The third-order valence-electron chi connectivity index (χ3n) is 4.54. The van der Waals surface area contributed by atoms with Gasteiger partial charge in [0, 0.05) is 30.1 Å². The molecule has 1 amide bonds. The van der Waals surface area contributed by atoms with Crippen LogP contribution in [-0.4, -0.2) is 51.1 Å². The highest BCUT2D eigenvalue weighted by Crippen LogP contribution is 2.29. The second kappa shape index (κ2) is 6.68. The van der Waals surface area contributed by atoms with E-state index < -0.39 is 10.0 Å². The Morgan fingerprint density at radius 1 is 1.40 bits per heavy atom. The summed E-state index contributed by atoms with van der Waals surface area (Å²) in [6, 6.07) is 5.15. The minimum Gasteiger partial charge on any atom is -0.497 e. The summed E-state index contributed by atoms with van der Waals surface area (Å²) in [5.74, 6) is 0.618. The van der Waals surface area contributed by atoms with Gasteiger partial charge in [0.2, 0.25) is 10.0 Å². The standard InChI is InChI=1S/C17H22N2O5S/c1-11-14-9-13(23-2)6-7-15(14)24-16(11)17(20)18-12-5-4-8-19(10-12)25(3,21)22/h6-7,9,12H,4-5,8,10H2,1-3H3,(H,18,20). The van der Waals surface area contributed by atoms with Crippen LogP contribution >= 0.6 is 0 Å². The van der Waals surface area contributed by atoms with Gasteiger partial charge in [-0.15, -0.1) is 0 Å². The lowest BCUT2D eigenvalue weighted by Crippen LogP contribution is -2.49. The van der Waals surface area contributed by atoms with Gasteiger partial charge in [0.25, 0.3) is 5.91 Å². The summed E-state index contributed by atoms with van der Waals surface area (Å²) in [7, 11) is -1.67. The number of nitrogens with one attached hydrogen (secondary N) is 1. The van der Waals surface area contributed by atoms with Crippen molar-refractivity contribution in [3.05, 3.63) is 29.5 Å². The summed E-state index contributed by atoms with van der Waals surface area (Å²) < 4.78 is 35.7. The van der Waals surface area contributed by atoms with Gasteiger partial charge in [-0.3, -0.25) is 4.79 Å². The molecule has 0 radical (unpaired) electrons. The van der Waals surface area contributed by atoms with Crippen LogP contribution in [0.15, 0.2) is 22.6 Å². The van der Waals surface area contributed by atoms with Gasteiger partial charge < -0.3 is 14.5 Å². The van der Waals surface area contributed by atoms with E-state index in [-0.39, 0.29) is 24.3 Å². The summed E-state index contributed by atoms with van der Waals surface area (Å²) in [6.45, 7) is 2.61. The summed E-state index contributed by atoms with van der Waals surface area (Å²) in [6.07, 6.45) is 2.65. The summed E-state index contributed by atoms with van der Waals surface area (Å²) in [5, 5.41) is 3.72. The van der Waals surface area contributed by atoms with E-state index in [1.165, 1.54) is 10.6 Å². The van der Waals surface area contributed by atoms with Crippen LogP contribution in [0.4, 0.5) is 0 Å². The molecule has 1 atom stereocenters. The predicted molar refractivity (Wildman–Crippen MR) is 94.4 cm³/mol. The zero-order valence-corrected chi connectivity index (χ0v) is 15.4. The molecule has 136 valence electrons. The smallest absolute Gasteiger partial charge is 0.287 e. The number of rotatable bonds is 4. The van der Waals surface area contributed by atoms with Crippen molar-refractivity contribution >= 4 is 26.9 Å². The largest absolute Gasteiger partial charge is 0.497 e. The number of hydrogen-bond donors (Lipinski definition) is 1. The Labute approximate surface area is 147 Å². The third kappa shape index (κ3) is 3.64. The van der Waals surface area contributed by atoms with Gasteiger partial charge in [-0.2, -0.15) is 0 Å². The Kier molecular flexibility index (Phi) is 4.75. The van der Waals surface area contributed by atoms with Crippen molar-refractivity contribution in [3.8, 4) is 5.75 Å². The van der Waals surface area contributed by atoms with Gasteiger partial charge in [-0.25, -0.2) is 12.7 Å². The van der Waals surface area contributed by atoms with Crippen LogP contribution in [0.2, 0.25) is 0 Å². The number of methoxy groups -OCH3 is 1. The quantitative estimate of drug-likeness (QED) is 0.893. The molecule has 1 aromatic heterocycles. The molecule has 1 fully saturated rings. The number of ether oxygens (including phenoxy) is 1. The molecule has 1 aliphatic rings. The van der Waals surface area contributed by atoms with E-state index >= 15 is 0 Å². The Balaban J connectivity index is 1.79. The minimum absolute atomic E-state index is 0.224. The maximum atomic E-state index is 12.6. The summed E-state index contributed by atoms with van der Waals surface area (Å²) >= 11 is 0. The number of carbonyl (C=O) groups is 1. The molecule has 0 saturated carbocycles. The number of furan rings is 1. The zero-order valence-electron chi connectivity index (χ0n) is 14.5. The molecule has 1 N–H and O–H groups in total. The fourth-order valence-corrected chi connectivity index (χ4v) is 4.07. The highest BCUT2D eigenvalue weighted by molar-refractivity contribution is 7.88. The van der Waals surface area contributed by atoms with Crippen LogP contribution in [0.3, 0.4) is 0 Å². The van der Waals surface area contributed by atoms with E-state index in [4.69, 9.17) is 9.15 Å². The van der Waals surface area contributed by atoms with Gasteiger partial charge >= 0.3 is 0 Å². The third-order valence-corrected chi connectivity index (χ3v) is 5.81. The summed E-state index contributed by atoms with van der Waals surface area (Å²) in [5.41, 5.74) is 1.35. The number of benzene rings is 1. The number of fused-ring (bicyclic) bond motifs is 1. The highest BCUT2D eigenvalue weighted by Gasteiger charge is 2.28.